The number of alkyl halides is 3. The molecule has 0 atom stereocenters. The zero-order chi connectivity index (χ0) is 12.3. The number of aliphatic carboxylic acids is 1. The van der Waals surface area contributed by atoms with Gasteiger partial charge in [0.05, 0.1) is 6.42 Å². The number of hydrogen-bond acceptors (Lipinski definition) is 4. The maximum Gasteiger partial charge on any atom is 0.434 e. The topological polar surface area (TPSA) is 53.4 Å². The zero-order valence-electron chi connectivity index (χ0n) is 8.28. The highest BCUT2D eigenvalue weighted by Gasteiger charge is 2.34. The molecule has 0 unspecified atom stereocenters. The Labute approximate surface area is 93.3 Å². The molecule has 1 heterocycles. The molecule has 0 aromatic carbocycles. The van der Waals surface area contributed by atoms with Crippen molar-refractivity contribution in [2.75, 3.05) is 18.5 Å². The van der Waals surface area contributed by atoms with Gasteiger partial charge in [0.25, 0.3) is 0 Å². The van der Waals surface area contributed by atoms with Crippen molar-refractivity contribution in [3.8, 4) is 0 Å². The van der Waals surface area contributed by atoms with Gasteiger partial charge in [0.1, 0.15) is 0 Å². The van der Waals surface area contributed by atoms with Gasteiger partial charge in [-0.3, -0.25) is 4.79 Å². The van der Waals surface area contributed by atoms with Crippen molar-refractivity contribution in [3.63, 3.8) is 0 Å². The number of anilines is 1. The van der Waals surface area contributed by atoms with Crippen LogP contribution in [0.15, 0.2) is 5.38 Å². The molecule has 1 aromatic heterocycles. The van der Waals surface area contributed by atoms with E-state index < -0.39 is 17.8 Å². The minimum atomic E-state index is -4.46. The number of carbonyl (C=O) groups is 1. The van der Waals surface area contributed by atoms with Gasteiger partial charge in [0.2, 0.25) is 0 Å². The Morgan fingerprint density at radius 1 is 1.62 bits per heavy atom. The molecule has 0 aliphatic rings. The van der Waals surface area contributed by atoms with Gasteiger partial charge in [-0.2, -0.15) is 13.2 Å². The van der Waals surface area contributed by atoms with E-state index in [1.165, 1.54) is 11.9 Å². The molecular formula is C8H9F3N2O2S. The summed E-state index contributed by atoms with van der Waals surface area (Å²) in [5, 5.41) is 9.49. The number of halogens is 3. The second kappa shape index (κ2) is 4.69. The van der Waals surface area contributed by atoms with Crippen LogP contribution in [0.2, 0.25) is 0 Å². The number of carboxylic acid groups (broad SMARTS) is 1. The molecule has 16 heavy (non-hydrogen) atoms. The van der Waals surface area contributed by atoms with E-state index in [1.54, 1.807) is 0 Å². The molecule has 0 saturated heterocycles. The molecule has 90 valence electrons. The Morgan fingerprint density at radius 3 is 2.69 bits per heavy atom. The minimum Gasteiger partial charge on any atom is -0.481 e. The van der Waals surface area contributed by atoms with Crippen molar-refractivity contribution in [2.24, 2.45) is 0 Å². The maximum atomic E-state index is 12.2. The summed E-state index contributed by atoms with van der Waals surface area (Å²) in [6.45, 7) is 0.125. The van der Waals surface area contributed by atoms with E-state index in [1.807, 2.05) is 0 Å². The lowest BCUT2D eigenvalue weighted by atomic mass is 10.4. The third-order valence-electron chi connectivity index (χ3n) is 1.77. The lowest BCUT2D eigenvalue weighted by molar-refractivity contribution is -0.140. The Balaban J connectivity index is 2.67. The third kappa shape index (κ3) is 3.37. The quantitative estimate of drug-likeness (QED) is 0.893. The van der Waals surface area contributed by atoms with E-state index in [4.69, 9.17) is 5.11 Å². The van der Waals surface area contributed by atoms with Crippen molar-refractivity contribution in [1.29, 1.82) is 0 Å². The highest BCUT2D eigenvalue weighted by Crippen LogP contribution is 2.32. The SMILES string of the molecule is CN(CCC(=O)O)c1nc(C(F)(F)F)cs1. The number of thiazole rings is 1. The lowest BCUT2D eigenvalue weighted by Crippen LogP contribution is -2.21. The predicted octanol–water partition coefficient (Wildman–Crippen LogP) is 2.07. The summed E-state index contributed by atoms with van der Waals surface area (Å²) in [6.07, 6.45) is -4.60. The van der Waals surface area contributed by atoms with E-state index in [2.05, 4.69) is 4.98 Å². The largest absolute Gasteiger partial charge is 0.481 e. The first-order chi connectivity index (χ1) is 7.30. The van der Waals surface area contributed by atoms with Crippen LogP contribution in [0.25, 0.3) is 0 Å². The van der Waals surface area contributed by atoms with Gasteiger partial charge in [0.15, 0.2) is 10.8 Å². The molecule has 8 heteroatoms. The summed E-state index contributed by atoms with van der Waals surface area (Å²) in [5.41, 5.74) is -0.949. The van der Waals surface area contributed by atoms with Gasteiger partial charge in [-0.1, -0.05) is 0 Å². The molecule has 0 saturated carbocycles. The molecular weight excluding hydrogens is 245 g/mol. The number of hydrogen-bond donors (Lipinski definition) is 1. The molecule has 1 rings (SSSR count). The van der Waals surface area contributed by atoms with Gasteiger partial charge < -0.3 is 10.0 Å². The van der Waals surface area contributed by atoms with E-state index in [0.29, 0.717) is 0 Å². The molecule has 1 N–H and O–H groups in total. The fourth-order valence-electron chi connectivity index (χ4n) is 0.929. The zero-order valence-corrected chi connectivity index (χ0v) is 9.10. The van der Waals surface area contributed by atoms with E-state index in [0.717, 1.165) is 16.7 Å². The molecule has 1 aromatic rings. The standard InChI is InChI=1S/C8H9F3N2O2S/c1-13(3-2-6(14)15)7-12-5(4-16-7)8(9,10)11/h4H,2-3H2,1H3,(H,14,15). The van der Waals surface area contributed by atoms with Gasteiger partial charge in [-0.15, -0.1) is 11.3 Å². The average Bonchev–Trinajstić information content (AvgIpc) is 2.61. The smallest absolute Gasteiger partial charge is 0.434 e. The summed E-state index contributed by atoms with van der Waals surface area (Å²) >= 11 is 0.838. The summed E-state index contributed by atoms with van der Waals surface area (Å²) in [5.74, 6) is -1.00. The Bertz CT molecular complexity index is 378. The van der Waals surface area contributed by atoms with Crippen LogP contribution in [0.5, 0.6) is 0 Å². The van der Waals surface area contributed by atoms with E-state index >= 15 is 0 Å². The maximum absolute atomic E-state index is 12.2. The summed E-state index contributed by atoms with van der Waals surface area (Å²) in [7, 11) is 1.50. The predicted molar refractivity (Wildman–Crippen MR) is 52.6 cm³/mol. The van der Waals surface area contributed by atoms with Crippen LogP contribution in [-0.4, -0.2) is 29.7 Å². The lowest BCUT2D eigenvalue weighted by Gasteiger charge is -2.13. The molecule has 0 fully saturated rings. The number of rotatable bonds is 4. The Kier molecular flexibility index (Phi) is 3.74. The second-order valence-electron chi connectivity index (χ2n) is 3.08. The van der Waals surface area contributed by atoms with Crippen LogP contribution in [0.4, 0.5) is 18.3 Å². The fraction of sp³-hybridized carbons (Fsp3) is 0.500. The van der Waals surface area contributed by atoms with Crippen LogP contribution in [0.3, 0.4) is 0 Å². The fourth-order valence-corrected chi connectivity index (χ4v) is 1.75. The van der Waals surface area contributed by atoms with Gasteiger partial charge in [-0.05, 0) is 0 Å². The average molecular weight is 254 g/mol. The van der Waals surface area contributed by atoms with Crippen LogP contribution < -0.4 is 4.90 Å². The monoisotopic (exact) mass is 254 g/mol. The Morgan fingerprint density at radius 2 is 2.25 bits per heavy atom. The van der Waals surface area contributed by atoms with E-state index in [-0.39, 0.29) is 18.1 Å². The van der Waals surface area contributed by atoms with Crippen LogP contribution in [-0.2, 0) is 11.0 Å². The second-order valence-corrected chi connectivity index (χ2v) is 3.91. The highest BCUT2D eigenvalue weighted by molar-refractivity contribution is 7.13. The first-order valence-electron chi connectivity index (χ1n) is 4.26. The van der Waals surface area contributed by atoms with Crippen molar-refractivity contribution >= 4 is 22.4 Å². The van der Waals surface area contributed by atoms with Crippen molar-refractivity contribution in [3.05, 3.63) is 11.1 Å². The van der Waals surface area contributed by atoms with Gasteiger partial charge in [-0.25, -0.2) is 4.98 Å². The minimum absolute atomic E-state index is 0.125. The van der Waals surface area contributed by atoms with E-state index in [9.17, 15) is 18.0 Å². The highest BCUT2D eigenvalue weighted by atomic mass is 32.1. The van der Waals surface area contributed by atoms with Gasteiger partial charge in [0, 0.05) is 19.0 Å². The van der Waals surface area contributed by atoms with Crippen LogP contribution in [0, 0.1) is 0 Å². The van der Waals surface area contributed by atoms with Crippen molar-refractivity contribution in [1.82, 2.24) is 4.98 Å². The van der Waals surface area contributed by atoms with Crippen molar-refractivity contribution in [2.45, 2.75) is 12.6 Å². The molecule has 0 bridgehead atoms. The first kappa shape index (κ1) is 12.8. The molecule has 0 radical (unpaired) electrons. The number of nitrogens with zero attached hydrogens (tertiary/aromatic N) is 2. The number of aromatic nitrogens is 1. The summed E-state index contributed by atoms with van der Waals surface area (Å²) < 4.78 is 36.6. The molecule has 4 nitrogen and oxygen atoms in total. The third-order valence-corrected chi connectivity index (χ3v) is 2.73. The van der Waals surface area contributed by atoms with Crippen molar-refractivity contribution < 1.29 is 23.1 Å². The summed E-state index contributed by atoms with van der Waals surface area (Å²) in [6, 6.07) is 0. The molecule has 0 aliphatic carbocycles. The normalized spacial score (nSPS) is 11.5. The number of carboxylic acids is 1. The molecule has 0 aliphatic heterocycles. The summed E-state index contributed by atoms with van der Waals surface area (Å²) in [4.78, 5) is 15.0. The molecule has 0 spiro atoms. The van der Waals surface area contributed by atoms with Gasteiger partial charge >= 0.3 is 12.1 Å². The van der Waals surface area contributed by atoms with Crippen LogP contribution in [0.1, 0.15) is 12.1 Å². The van der Waals surface area contributed by atoms with Crippen LogP contribution >= 0.6 is 11.3 Å². The first-order valence-corrected chi connectivity index (χ1v) is 5.14. The molecule has 0 amide bonds. The Hall–Kier alpha value is -1.31.